The third kappa shape index (κ3) is 3.63. The van der Waals surface area contributed by atoms with Gasteiger partial charge in [0.05, 0.1) is 24.8 Å². The van der Waals surface area contributed by atoms with Crippen LogP contribution in [0.3, 0.4) is 0 Å². The Bertz CT molecular complexity index is 486. The fourth-order valence-corrected chi connectivity index (χ4v) is 2.06. The summed E-state index contributed by atoms with van der Waals surface area (Å²) in [5.74, 6) is 1.36. The Balaban J connectivity index is 2.02. The van der Waals surface area contributed by atoms with E-state index in [1.165, 1.54) is 0 Å². The lowest BCUT2D eigenvalue weighted by Crippen LogP contribution is -2.38. The van der Waals surface area contributed by atoms with Gasteiger partial charge in [-0.2, -0.15) is 0 Å². The molecule has 20 heavy (non-hydrogen) atoms. The summed E-state index contributed by atoms with van der Waals surface area (Å²) in [4.78, 5) is 4.35. The fraction of sp³-hybridized carbons (Fsp3) is 0.533. The molecular weight excluding hydrogens is 254 g/mol. The number of methoxy groups -OCH3 is 1. The lowest BCUT2D eigenvalue weighted by molar-refractivity contribution is 0.0311. The van der Waals surface area contributed by atoms with Crippen molar-refractivity contribution in [3.63, 3.8) is 0 Å². The molecule has 1 aliphatic rings. The van der Waals surface area contributed by atoms with Crippen LogP contribution in [0.1, 0.15) is 31.9 Å². The van der Waals surface area contributed by atoms with E-state index in [9.17, 15) is 0 Å². The predicted octanol–water partition coefficient (Wildman–Crippen LogP) is 1.84. The minimum Gasteiger partial charge on any atom is -0.493 e. The van der Waals surface area contributed by atoms with E-state index in [1.807, 2.05) is 32.0 Å². The van der Waals surface area contributed by atoms with Gasteiger partial charge in [0.15, 0.2) is 5.96 Å². The molecule has 1 aromatic rings. The second-order valence-corrected chi connectivity index (χ2v) is 5.54. The summed E-state index contributed by atoms with van der Waals surface area (Å²) in [5, 5.41) is 3.26. The minimum absolute atomic E-state index is 0.148. The summed E-state index contributed by atoms with van der Waals surface area (Å²) in [6, 6.07) is 8.15. The highest BCUT2D eigenvalue weighted by Crippen LogP contribution is 2.31. The van der Waals surface area contributed by atoms with Crippen molar-refractivity contribution in [3.05, 3.63) is 29.8 Å². The third-order valence-electron chi connectivity index (χ3n) is 3.46. The molecule has 2 rings (SSSR count). The Kier molecular flexibility index (Phi) is 4.49. The number of hydrogen-bond acceptors (Lipinski definition) is 3. The van der Waals surface area contributed by atoms with Crippen molar-refractivity contribution in [1.82, 2.24) is 5.32 Å². The highest BCUT2D eigenvalue weighted by Gasteiger charge is 2.21. The molecule has 1 atom stereocenters. The van der Waals surface area contributed by atoms with Gasteiger partial charge >= 0.3 is 0 Å². The van der Waals surface area contributed by atoms with E-state index >= 15 is 0 Å². The highest BCUT2D eigenvalue weighted by molar-refractivity contribution is 5.78. The summed E-state index contributed by atoms with van der Waals surface area (Å²) < 4.78 is 11.0. The van der Waals surface area contributed by atoms with Crippen molar-refractivity contribution >= 4 is 5.96 Å². The van der Waals surface area contributed by atoms with Crippen LogP contribution in [-0.4, -0.2) is 31.8 Å². The summed E-state index contributed by atoms with van der Waals surface area (Å²) in [7, 11) is 1.67. The van der Waals surface area contributed by atoms with Crippen molar-refractivity contribution < 1.29 is 9.47 Å². The topological polar surface area (TPSA) is 68.9 Å². The maximum atomic E-state index is 5.97. The highest BCUT2D eigenvalue weighted by atomic mass is 16.5. The second kappa shape index (κ2) is 6.13. The SMILES string of the molecule is COC(C)(C)CN=C(N)NC1CCOc2ccccc21. The van der Waals surface area contributed by atoms with Crippen LogP contribution in [0.2, 0.25) is 0 Å². The Morgan fingerprint density at radius 1 is 1.50 bits per heavy atom. The van der Waals surface area contributed by atoms with Gasteiger partial charge in [0, 0.05) is 19.1 Å². The molecule has 1 unspecified atom stereocenters. The van der Waals surface area contributed by atoms with Crippen molar-refractivity contribution in [1.29, 1.82) is 0 Å². The molecule has 3 N–H and O–H groups in total. The van der Waals surface area contributed by atoms with Crippen LogP contribution in [0.25, 0.3) is 0 Å². The second-order valence-electron chi connectivity index (χ2n) is 5.54. The Labute approximate surface area is 120 Å². The van der Waals surface area contributed by atoms with Crippen molar-refractivity contribution in [2.75, 3.05) is 20.3 Å². The van der Waals surface area contributed by atoms with Crippen LogP contribution in [0.5, 0.6) is 5.75 Å². The number of benzene rings is 1. The molecule has 0 aromatic heterocycles. The molecule has 1 aliphatic heterocycles. The molecule has 0 aliphatic carbocycles. The smallest absolute Gasteiger partial charge is 0.189 e. The van der Waals surface area contributed by atoms with Gasteiger partial charge in [0.2, 0.25) is 0 Å². The summed E-state index contributed by atoms with van der Waals surface area (Å²) >= 11 is 0. The van der Waals surface area contributed by atoms with Gasteiger partial charge in [0.1, 0.15) is 5.75 Å². The average Bonchev–Trinajstić information content (AvgIpc) is 2.46. The van der Waals surface area contributed by atoms with Gasteiger partial charge in [-0.15, -0.1) is 0 Å². The number of ether oxygens (including phenoxy) is 2. The Morgan fingerprint density at radius 3 is 3.00 bits per heavy atom. The number of rotatable bonds is 4. The first-order valence-electron chi connectivity index (χ1n) is 6.85. The van der Waals surface area contributed by atoms with Crippen molar-refractivity contribution in [2.45, 2.75) is 31.9 Å². The van der Waals surface area contributed by atoms with Crippen LogP contribution in [0.4, 0.5) is 0 Å². The normalized spacial score (nSPS) is 19.1. The molecule has 0 saturated carbocycles. The van der Waals surface area contributed by atoms with E-state index in [0.717, 1.165) is 17.7 Å². The van der Waals surface area contributed by atoms with Gasteiger partial charge in [-0.05, 0) is 19.9 Å². The molecule has 0 amide bonds. The molecule has 1 heterocycles. The number of nitrogens with two attached hydrogens (primary N) is 1. The molecule has 0 spiro atoms. The minimum atomic E-state index is -0.306. The maximum Gasteiger partial charge on any atom is 0.189 e. The Morgan fingerprint density at radius 2 is 2.25 bits per heavy atom. The number of guanidine groups is 1. The van der Waals surface area contributed by atoms with E-state index < -0.39 is 0 Å². The number of nitrogens with zero attached hydrogens (tertiary/aromatic N) is 1. The molecule has 5 heteroatoms. The van der Waals surface area contributed by atoms with E-state index in [4.69, 9.17) is 15.2 Å². The third-order valence-corrected chi connectivity index (χ3v) is 3.46. The molecule has 1 aromatic carbocycles. The molecule has 0 saturated heterocycles. The van der Waals surface area contributed by atoms with Gasteiger partial charge in [-0.25, -0.2) is 0 Å². The van der Waals surface area contributed by atoms with Crippen LogP contribution >= 0.6 is 0 Å². The molecule has 0 radical (unpaired) electrons. The molecule has 5 nitrogen and oxygen atoms in total. The van der Waals surface area contributed by atoms with Gasteiger partial charge in [0.25, 0.3) is 0 Å². The zero-order valence-electron chi connectivity index (χ0n) is 12.3. The van der Waals surface area contributed by atoms with E-state index in [1.54, 1.807) is 7.11 Å². The van der Waals surface area contributed by atoms with Crippen LogP contribution in [-0.2, 0) is 4.74 Å². The summed E-state index contributed by atoms with van der Waals surface area (Å²) in [6.45, 7) is 5.17. The number of para-hydroxylation sites is 1. The average molecular weight is 277 g/mol. The van der Waals surface area contributed by atoms with E-state index in [2.05, 4.69) is 16.4 Å². The largest absolute Gasteiger partial charge is 0.493 e. The number of hydrogen-bond donors (Lipinski definition) is 2. The van der Waals surface area contributed by atoms with Crippen LogP contribution < -0.4 is 15.8 Å². The Hall–Kier alpha value is -1.75. The van der Waals surface area contributed by atoms with Gasteiger partial charge in [-0.3, -0.25) is 4.99 Å². The molecule has 0 bridgehead atoms. The van der Waals surface area contributed by atoms with E-state index in [0.29, 0.717) is 19.1 Å². The first-order chi connectivity index (χ1) is 9.52. The first-order valence-corrected chi connectivity index (χ1v) is 6.85. The quantitative estimate of drug-likeness (QED) is 0.651. The zero-order valence-corrected chi connectivity index (χ0v) is 12.3. The maximum absolute atomic E-state index is 5.97. The van der Waals surface area contributed by atoms with Gasteiger partial charge in [-0.1, -0.05) is 18.2 Å². The standard InChI is InChI=1S/C15H23N3O2/c1-15(2,19-3)10-17-14(16)18-12-8-9-20-13-7-5-4-6-11(12)13/h4-7,12H,8-10H2,1-3H3,(H3,16,17,18). The zero-order chi connectivity index (χ0) is 14.6. The van der Waals surface area contributed by atoms with Crippen LogP contribution in [0.15, 0.2) is 29.3 Å². The monoisotopic (exact) mass is 277 g/mol. The van der Waals surface area contributed by atoms with Crippen LogP contribution in [0, 0.1) is 0 Å². The van der Waals surface area contributed by atoms with Crippen molar-refractivity contribution in [3.8, 4) is 5.75 Å². The lowest BCUT2D eigenvalue weighted by Gasteiger charge is -2.27. The first kappa shape index (κ1) is 14.7. The number of aliphatic imine (C=N–C) groups is 1. The molecule has 0 fully saturated rings. The van der Waals surface area contributed by atoms with E-state index in [-0.39, 0.29) is 11.6 Å². The lowest BCUT2D eigenvalue weighted by atomic mass is 10.0. The summed E-state index contributed by atoms with van der Waals surface area (Å²) in [6.07, 6.45) is 0.876. The predicted molar refractivity (Wildman–Crippen MR) is 80.0 cm³/mol. The molecular formula is C15H23N3O2. The summed E-state index contributed by atoms with van der Waals surface area (Å²) in [5.41, 5.74) is 6.79. The fourth-order valence-electron chi connectivity index (χ4n) is 2.06. The number of fused-ring (bicyclic) bond motifs is 1. The molecule has 110 valence electrons. The number of nitrogens with one attached hydrogen (secondary N) is 1. The van der Waals surface area contributed by atoms with Crippen molar-refractivity contribution in [2.24, 2.45) is 10.7 Å². The van der Waals surface area contributed by atoms with Gasteiger partial charge < -0.3 is 20.5 Å².